The second-order valence-electron chi connectivity index (χ2n) is 5.83. The number of hydrogen-bond acceptors (Lipinski definition) is 3. The van der Waals surface area contributed by atoms with Crippen LogP contribution in [-0.4, -0.2) is 26.1 Å². The van der Waals surface area contributed by atoms with E-state index in [-0.39, 0.29) is 11.7 Å². The fourth-order valence-electron chi connectivity index (χ4n) is 3.18. The van der Waals surface area contributed by atoms with E-state index in [4.69, 9.17) is 0 Å². The second-order valence-corrected chi connectivity index (χ2v) is 5.83. The number of nitrogens with zero attached hydrogens (tertiary/aromatic N) is 3. The van der Waals surface area contributed by atoms with Gasteiger partial charge in [-0.1, -0.05) is 55.3 Å². The number of carboxylic acid groups (broad SMARTS) is 1. The van der Waals surface area contributed by atoms with E-state index in [1.165, 1.54) is 6.42 Å². The normalized spacial score (nSPS) is 22.1. The van der Waals surface area contributed by atoms with Gasteiger partial charge in [0, 0.05) is 5.56 Å². The van der Waals surface area contributed by atoms with Crippen molar-refractivity contribution in [1.29, 1.82) is 0 Å². The van der Waals surface area contributed by atoms with Crippen molar-refractivity contribution in [2.45, 2.75) is 38.6 Å². The quantitative estimate of drug-likeness (QED) is 0.938. The SMILES string of the molecule is CC1CCCC(n2nnc(C(=O)O)c2-c2ccccc2)C1. The zero-order valence-corrected chi connectivity index (χ0v) is 12.1. The molecule has 2 aromatic rings. The molecule has 21 heavy (non-hydrogen) atoms. The summed E-state index contributed by atoms with van der Waals surface area (Å²) < 4.78 is 1.83. The van der Waals surface area contributed by atoms with E-state index in [0.29, 0.717) is 11.6 Å². The van der Waals surface area contributed by atoms with E-state index in [1.54, 1.807) is 0 Å². The molecule has 0 bridgehead atoms. The smallest absolute Gasteiger partial charge is 0.358 e. The molecular weight excluding hydrogens is 266 g/mol. The van der Waals surface area contributed by atoms with Gasteiger partial charge < -0.3 is 5.11 Å². The van der Waals surface area contributed by atoms with Gasteiger partial charge in [0.2, 0.25) is 0 Å². The summed E-state index contributed by atoms with van der Waals surface area (Å²) in [5, 5.41) is 17.4. The first kappa shape index (κ1) is 13.8. The number of aromatic nitrogens is 3. The molecule has 5 heteroatoms. The lowest BCUT2D eigenvalue weighted by atomic mass is 9.87. The monoisotopic (exact) mass is 285 g/mol. The Hall–Kier alpha value is -2.17. The largest absolute Gasteiger partial charge is 0.476 e. The van der Waals surface area contributed by atoms with Crippen LogP contribution in [0.15, 0.2) is 30.3 Å². The van der Waals surface area contributed by atoms with Gasteiger partial charge in [-0.15, -0.1) is 5.10 Å². The maximum Gasteiger partial charge on any atom is 0.358 e. The van der Waals surface area contributed by atoms with Crippen LogP contribution < -0.4 is 0 Å². The Bertz CT molecular complexity index is 636. The van der Waals surface area contributed by atoms with E-state index < -0.39 is 5.97 Å². The van der Waals surface area contributed by atoms with Gasteiger partial charge in [0.15, 0.2) is 5.69 Å². The Balaban J connectivity index is 2.07. The Labute approximate surface area is 123 Å². The van der Waals surface area contributed by atoms with Gasteiger partial charge in [0.05, 0.1) is 6.04 Å². The summed E-state index contributed by atoms with van der Waals surface area (Å²) in [5.74, 6) is -0.381. The van der Waals surface area contributed by atoms with Crippen LogP contribution in [0, 0.1) is 5.92 Å². The number of rotatable bonds is 3. The number of carboxylic acids is 1. The zero-order valence-electron chi connectivity index (χ0n) is 12.1. The number of hydrogen-bond donors (Lipinski definition) is 1. The molecule has 1 aromatic carbocycles. The Morgan fingerprint density at radius 1 is 1.29 bits per heavy atom. The molecule has 0 saturated heterocycles. The molecule has 2 atom stereocenters. The van der Waals surface area contributed by atoms with Gasteiger partial charge in [-0.05, 0) is 18.8 Å². The molecule has 0 radical (unpaired) electrons. The van der Waals surface area contributed by atoms with Gasteiger partial charge >= 0.3 is 5.97 Å². The van der Waals surface area contributed by atoms with Crippen LogP contribution >= 0.6 is 0 Å². The van der Waals surface area contributed by atoms with Crippen molar-refractivity contribution in [2.75, 3.05) is 0 Å². The van der Waals surface area contributed by atoms with Crippen molar-refractivity contribution >= 4 is 5.97 Å². The molecule has 1 aliphatic carbocycles. The molecule has 1 heterocycles. The molecular formula is C16H19N3O2. The lowest BCUT2D eigenvalue weighted by molar-refractivity contribution is 0.0691. The van der Waals surface area contributed by atoms with Gasteiger partial charge in [0.1, 0.15) is 5.69 Å². The van der Waals surface area contributed by atoms with E-state index >= 15 is 0 Å². The summed E-state index contributed by atoms with van der Waals surface area (Å²) >= 11 is 0. The van der Waals surface area contributed by atoms with Gasteiger partial charge in [0.25, 0.3) is 0 Å². The summed E-state index contributed by atoms with van der Waals surface area (Å²) in [7, 11) is 0. The highest BCUT2D eigenvalue weighted by Crippen LogP contribution is 2.35. The van der Waals surface area contributed by atoms with Gasteiger partial charge in [-0.3, -0.25) is 0 Å². The van der Waals surface area contributed by atoms with Crippen LogP contribution in [-0.2, 0) is 0 Å². The number of aromatic carboxylic acids is 1. The third-order valence-electron chi connectivity index (χ3n) is 4.20. The van der Waals surface area contributed by atoms with Crippen molar-refractivity contribution in [3.05, 3.63) is 36.0 Å². The summed E-state index contributed by atoms with van der Waals surface area (Å²) in [6.07, 6.45) is 4.45. The standard InChI is InChI=1S/C16H19N3O2/c1-11-6-5-9-13(10-11)19-15(12-7-3-2-4-8-12)14(16(20)21)17-18-19/h2-4,7-8,11,13H,5-6,9-10H2,1H3,(H,20,21). The van der Waals surface area contributed by atoms with Crippen molar-refractivity contribution in [1.82, 2.24) is 15.0 Å². The molecule has 2 unspecified atom stereocenters. The fourth-order valence-corrected chi connectivity index (χ4v) is 3.18. The Kier molecular flexibility index (Phi) is 3.73. The molecule has 0 aliphatic heterocycles. The van der Waals surface area contributed by atoms with E-state index in [9.17, 15) is 9.90 Å². The molecule has 1 aliphatic rings. The summed E-state index contributed by atoms with van der Waals surface area (Å²) in [4.78, 5) is 11.4. The minimum absolute atomic E-state index is 0.0411. The first-order valence-electron chi connectivity index (χ1n) is 7.40. The van der Waals surface area contributed by atoms with Crippen LogP contribution in [0.3, 0.4) is 0 Å². The van der Waals surface area contributed by atoms with Crippen molar-refractivity contribution in [2.24, 2.45) is 5.92 Å². The van der Waals surface area contributed by atoms with E-state index in [1.807, 2.05) is 35.0 Å². The molecule has 1 fully saturated rings. The van der Waals surface area contributed by atoms with Crippen LogP contribution in [0.5, 0.6) is 0 Å². The Morgan fingerprint density at radius 3 is 2.71 bits per heavy atom. The average molecular weight is 285 g/mol. The third kappa shape index (κ3) is 2.68. The van der Waals surface area contributed by atoms with Crippen LogP contribution in [0.2, 0.25) is 0 Å². The predicted octanol–water partition coefficient (Wildman–Crippen LogP) is 3.39. The molecule has 0 amide bonds. The topological polar surface area (TPSA) is 68.0 Å². The highest BCUT2D eigenvalue weighted by atomic mass is 16.4. The summed E-state index contributed by atoms with van der Waals surface area (Å²) in [6.45, 7) is 2.24. The van der Waals surface area contributed by atoms with Crippen molar-refractivity contribution in [3.63, 3.8) is 0 Å². The second kappa shape index (κ2) is 5.68. The Morgan fingerprint density at radius 2 is 2.05 bits per heavy atom. The highest BCUT2D eigenvalue weighted by Gasteiger charge is 2.27. The number of benzene rings is 1. The summed E-state index contributed by atoms with van der Waals surface area (Å²) in [5.41, 5.74) is 1.53. The maximum atomic E-state index is 11.4. The minimum atomic E-state index is -1.02. The third-order valence-corrected chi connectivity index (χ3v) is 4.20. The molecule has 110 valence electrons. The molecule has 1 saturated carbocycles. The molecule has 1 N–H and O–H groups in total. The zero-order chi connectivity index (χ0) is 14.8. The average Bonchev–Trinajstić information content (AvgIpc) is 2.93. The summed E-state index contributed by atoms with van der Waals surface area (Å²) in [6, 6.07) is 9.79. The maximum absolute atomic E-state index is 11.4. The molecule has 5 nitrogen and oxygen atoms in total. The van der Waals surface area contributed by atoms with Crippen molar-refractivity contribution < 1.29 is 9.90 Å². The fraction of sp³-hybridized carbons (Fsp3) is 0.438. The van der Waals surface area contributed by atoms with Crippen LogP contribution in [0.25, 0.3) is 11.3 Å². The van der Waals surface area contributed by atoms with E-state index in [0.717, 1.165) is 24.8 Å². The molecule has 3 rings (SSSR count). The first-order chi connectivity index (χ1) is 10.2. The van der Waals surface area contributed by atoms with Gasteiger partial charge in [-0.25, -0.2) is 9.48 Å². The van der Waals surface area contributed by atoms with Crippen LogP contribution in [0.1, 0.15) is 49.1 Å². The van der Waals surface area contributed by atoms with Gasteiger partial charge in [-0.2, -0.15) is 0 Å². The lowest BCUT2D eigenvalue weighted by Crippen LogP contribution is -2.19. The highest BCUT2D eigenvalue weighted by molar-refractivity contribution is 5.92. The molecule has 1 aromatic heterocycles. The minimum Gasteiger partial charge on any atom is -0.476 e. The van der Waals surface area contributed by atoms with Crippen molar-refractivity contribution in [3.8, 4) is 11.3 Å². The predicted molar refractivity (Wildman–Crippen MR) is 79.1 cm³/mol. The van der Waals surface area contributed by atoms with E-state index in [2.05, 4.69) is 17.2 Å². The molecule has 0 spiro atoms. The lowest BCUT2D eigenvalue weighted by Gasteiger charge is -2.27. The number of carbonyl (C=O) groups is 1. The first-order valence-corrected chi connectivity index (χ1v) is 7.40. The van der Waals surface area contributed by atoms with Crippen LogP contribution in [0.4, 0.5) is 0 Å².